The van der Waals surface area contributed by atoms with E-state index in [4.69, 9.17) is 5.73 Å². The van der Waals surface area contributed by atoms with Gasteiger partial charge in [-0.3, -0.25) is 10.1 Å². The largest absolute Gasteiger partial charge is 0.397 e. The van der Waals surface area contributed by atoms with E-state index >= 15 is 0 Å². The van der Waals surface area contributed by atoms with E-state index in [-0.39, 0.29) is 5.69 Å². The summed E-state index contributed by atoms with van der Waals surface area (Å²) in [6.07, 6.45) is 2.10. The zero-order valence-corrected chi connectivity index (χ0v) is 11.3. The van der Waals surface area contributed by atoms with Gasteiger partial charge in [0.05, 0.1) is 16.3 Å². The highest BCUT2D eigenvalue weighted by Gasteiger charge is 2.23. The second kappa shape index (κ2) is 5.44. The molecule has 2 rings (SSSR count). The van der Waals surface area contributed by atoms with E-state index in [1.54, 1.807) is 6.07 Å². The number of nitrogens with zero attached hydrogens (tertiary/aromatic N) is 2. The van der Waals surface area contributed by atoms with Gasteiger partial charge >= 0.3 is 0 Å². The molecule has 1 fully saturated rings. The van der Waals surface area contributed by atoms with Crippen molar-refractivity contribution in [2.75, 3.05) is 24.6 Å². The molecule has 0 bridgehead atoms. The maximum absolute atomic E-state index is 10.7. The van der Waals surface area contributed by atoms with Gasteiger partial charge in [-0.05, 0) is 32.9 Å². The maximum atomic E-state index is 10.7. The normalized spacial score (nSPS) is 24.1. The Bertz CT molecular complexity index is 478. The average molecular weight is 264 g/mol. The molecule has 0 aromatic heterocycles. The second-order valence-corrected chi connectivity index (χ2v) is 5.22. The van der Waals surface area contributed by atoms with E-state index in [0.29, 0.717) is 17.8 Å². The fourth-order valence-electron chi connectivity index (χ4n) is 2.44. The first-order valence-corrected chi connectivity index (χ1v) is 6.48. The van der Waals surface area contributed by atoms with Crippen LogP contribution in [0.3, 0.4) is 0 Å². The topological polar surface area (TPSA) is 84.4 Å². The van der Waals surface area contributed by atoms with Crippen LogP contribution in [-0.2, 0) is 0 Å². The van der Waals surface area contributed by atoms with Crippen LogP contribution in [0.1, 0.15) is 19.8 Å². The van der Waals surface area contributed by atoms with E-state index in [1.165, 1.54) is 12.1 Å². The van der Waals surface area contributed by atoms with Crippen LogP contribution in [0.25, 0.3) is 0 Å². The molecular weight excluding hydrogens is 244 g/mol. The number of likely N-dealkylation sites (tertiary alicyclic amines) is 1. The lowest BCUT2D eigenvalue weighted by molar-refractivity contribution is -0.384. The molecule has 0 spiro atoms. The van der Waals surface area contributed by atoms with Crippen molar-refractivity contribution >= 4 is 17.1 Å². The van der Waals surface area contributed by atoms with Gasteiger partial charge in [0.2, 0.25) is 0 Å². The van der Waals surface area contributed by atoms with Crippen LogP contribution < -0.4 is 11.1 Å². The molecular formula is C13H20N4O2. The number of anilines is 2. The molecule has 0 amide bonds. The first-order valence-electron chi connectivity index (χ1n) is 6.48. The zero-order chi connectivity index (χ0) is 14.0. The molecule has 0 radical (unpaired) electrons. The molecule has 19 heavy (non-hydrogen) atoms. The summed E-state index contributed by atoms with van der Waals surface area (Å²) in [5.74, 6) is 0. The van der Waals surface area contributed by atoms with E-state index in [2.05, 4.69) is 24.2 Å². The first kappa shape index (κ1) is 13.6. The lowest BCUT2D eigenvalue weighted by Gasteiger charge is -2.35. The van der Waals surface area contributed by atoms with Crippen molar-refractivity contribution in [1.82, 2.24) is 4.90 Å². The predicted octanol–water partition coefficient (Wildman–Crippen LogP) is 2.07. The van der Waals surface area contributed by atoms with Crippen molar-refractivity contribution in [3.8, 4) is 0 Å². The van der Waals surface area contributed by atoms with Gasteiger partial charge in [0.15, 0.2) is 0 Å². The second-order valence-electron chi connectivity index (χ2n) is 5.22. The third kappa shape index (κ3) is 3.14. The van der Waals surface area contributed by atoms with Crippen LogP contribution in [0.5, 0.6) is 0 Å². The van der Waals surface area contributed by atoms with Gasteiger partial charge < -0.3 is 16.0 Å². The SMILES string of the molecule is CC1CC(Nc2ccc([N+](=O)[O-])cc2N)CCN1C. The number of hydrogen-bond donors (Lipinski definition) is 2. The number of non-ortho nitro benzene ring substituents is 1. The number of hydrogen-bond acceptors (Lipinski definition) is 5. The van der Waals surface area contributed by atoms with Gasteiger partial charge in [0.1, 0.15) is 0 Å². The third-order valence-electron chi connectivity index (χ3n) is 3.81. The fraction of sp³-hybridized carbons (Fsp3) is 0.538. The average Bonchev–Trinajstić information content (AvgIpc) is 2.36. The van der Waals surface area contributed by atoms with Crippen LogP contribution in [-0.4, -0.2) is 35.5 Å². The number of nitro groups is 1. The van der Waals surface area contributed by atoms with E-state index in [1.807, 2.05) is 0 Å². The molecule has 1 heterocycles. The first-order chi connectivity index (χ1) is 8.97. The Hall–Kier alpha value is -1.82. The number of piperidine rings is 1. The highest BCUT2D eigenvalue weighted by molar-refractivity contribution is 5.69. The van der Waals surface area contributed by atoms with Crippen LogP contribution in [0.4, 0.5) is 17.1 Å². The van der Waals surface area contributed by atoms with Crippen molar-refractivity contribution in [2.45, 2.75) is 31.8 Å². The van der Waals surface area contributed by atoms with Crippen molar-refractivity contribution in [3.05, 3.63) is 28.3 Å². The number of nitro benzene ring substituents is 1. The number of nitrogens with one attached hydrogen (secondary N) is 1. The summed E-state index contributed by atoms with van der Waals surface area (Å²) in [5, 5.41) is 14.0. The molecule has 1 aromatic carbocycles. The third-order valence-corrected chi connectivity index (χ3v) is 3.81. The molecule has 1 aliphatic rings. The van der Waals surface area contributed by atoms with E-state index in [9.17, 15) is 10.1 Å². The summed E-state index contributed by atoms with van der Waals surface area (Å²) in [6.45, 7) is 3.25. The Balaban J connectivity index is 2.05. The van der Waals surface area contributed by atoms with Gasteiger partial charge in [0.25, 0.3) is 5.69 Å². The molecule has 2 atom stereocenters. The molecule has 6 nitrogen and oxygen atoms in total. The van der Waals surface area contributed by atoms with E-state index < -0.39 is 4.92 Å². The number of rotatable bonds is 3. The summed E-state index contributed by atoms with van der Waals surface area (Å²) >= 11 is 0. The summed E-state index contributed by atoms with van der Waals surface area (Å²) in [4.78, 5) is 12.6. The van der Waals surface area contributed by atoms with Crippen LogP contribution >= 0.6 is 0 Å². The van der Waals surface area contributed by atoms with Crippen molar-refractivity contribution in [2.24, 2.45) is 0 Å². The van der Waals surface area contributed by atoms with Gasteiger partial charge in [-0.25, -0.2) is 0 Å². The van der Waals surface area contributed by atoms with E-state index in [0.717, 1.165) is 25.1 Å². The summed E-state index contributed by atoms with van der Waals surface area (Å²) in [5.41, 5.74) is 7.10. The Morgan fingerprint density at radius 3 is 2.84 bits per heavy atom. The summed E-state index contributed by atoms with van der Waals surface area (Å²) in [7, 11) is 2.13. The molecule has 1 aromatic rings. The minimum absolute atomic E-state index is 0.0276. The van der Waals surface area contributed by atoms with Crippen molar-refractivity contribution in [1.29, 1.82) is 0 Å². The lowest BCUT2D eigenvalue weighted by atomic mass is 9.98. The van der Waals surface area contributed by atoms with Crippen LogP contribution in [0, 0.1) is 10.1 Å². The predicted molar refractivity (Wildman–Crippen MR) is 76.2 cm³/mol. The maximum Gasteiger partial charge on any atom is 0.271 e. The lowest BCUT2D eigenvalue weighted by Crippen LogP contribution is -2.42. The number of benzene rings is 1. The monoisotopic (exact) mass is 264 g/mol. The molecule has 1 aliphatic heterocycles. The molecule has 0 aliphatic carbocycles. The van der Waals surface area contributed by atoms with Crippen LogP contribution in [0.15, 0.2) is 18.2 Å². The standard InChI is InChI=1S/C13H20N4O2/c1-9-7-10(5-6-16(9)2)15-13-4-3-11(17(18)19)8-12(13)14/h3-4,8-10,15H,5-7,14H2,1-2H3. The van der Waals surface area contributed by atoms with Gasteiger partial charge in [-0.15, -0.1) is 0 Å². The Morgan fingerprint density at radius 2 is 2.26 bits per heavy atom. The fourth-order valence-corrected chi connectivity index (χ4v) is 2.44. The quantitative estimate of drug-likeness (QED) is 0.496. The van der Waals surface area contributed by atoms with Gasteiger partial charge in [-0.1, -0.05) is 0 Å². The molecule has 104 valence electrons. The highest BCUT2D eigenvalue weighted by Crippen LogP contribution is 2.27. The van der Waals surface area contributed by atoms with Crippen LogP contribution in [0.2, 0.25) is 0 Å². The minimum atomic E-state index is -0.433. The smallest absolute Gasteiger partial charge is 0.271 e. The zero-order valence-electron chi connectivity index (χ0n) is 11.3. The number of nitrogen functional groups attached to an aromatic ring is 1. The highest BCUT2D eigenvalue weighted by atomic mass is 16.6. The summed E-state index contributed by atoms with van der Waals surface area (Å²) in [6, 6.07) is 5.48. The van der Waals surface area contributed by atoms with Gasteiger partial charge in [-0.2, -0.15) is 0 Å². The Morgan fingerprint density at radius 1 is 1.53 bits per heavy atom. The molecule has 1 saturated heterocycles. The number of nitrogens with two attached hydrogens (primary N) is 1. The summed E-state index contributed by atoms with van der Waals surface area (Å²) < 4.78 is 0. The molecule has 3 N–H and O–H groups in total. The van der Waals surface area contributed by atoms with Crippen molar-refractivity contribution < 1.29 is 4.92 Å². The molecule has 6 heteroatoms. The molecule has 0 saturated carbocycles. The molecule has 2 unspecified atom stereocenters. The van der Waals surface area contributed by atoms with Crippen molar-refractivity contribution in [3.63, 3.8) is 0 Å². The Kier molecular flexibility index (Phi) is 3.90. The minimum Gasteiger partial charge on any atom is -0.397 e. The van der Waals surface area contributed by atoms with Gasteiger partial charge in [0, 0.05) is 30.8 Å². The Labute approximate surface area is 112 Å².